The van der Waals surface area contributed by atoms with Crippen LogP contribution in [0.2, 0.25) is 0 Å². The molecular formula is C8H8BrN5. The number of nitrogen functional groups attached to an aromatic ring is 1. The van der Waals surface area contributed by atoms with Crippen molar-refractivity contribution in [2.24, 2.45) is 0 Å². The highest BCUT2D eigenvalue weighted by Gasteiger charge is 2.07. The minimum absolute atomic E-state index is 0.700. The SMILES string of the molecule is Cc1nnnn1-c1ccc(N)cc1Br. The molecule has 1 heterocycles. The molecule has 72 valence electrons. The summed E-state index contributed by atoms with van der Waals surface area (Å²) in [4.78, 5) is 0. The molecule has 0 amide bonds. The van der Waals surface area contributed by atoms with Crippen molar-refractivity contribution in [2.45, 2.75) is 6.92 Å². The molecule has 2 N–H and O–H groups in total. The van der Waals surface area contributed by atoms with Crippen LogP contribution in [0.3, 0.4) is 0 Å². The van der Waals surface area contributed by atoms with Crippen LogP contribution in [0, 0.1) is 6.92 Å². The molecule has 2 aromatic rings. The number of anilines is 1. The monoisotopic (exact) mass is 253 g/mol. The Morgan fingerprint density at radius 3 is 2.79 bits per heavy atom. The number of hydrogen-bond acceptors (Lipinski definition) is 4. The number of aromatic nitrogens is 4. The molecule has 5 nitrogen and oxygen atoms in total. The van der Waals surface area contributed by atoms with Gasteiger partial charge in [0.25, 0.3) is 0 Å². The predicted octanol–water partition coefficient (Wildman–Crippen LogP) is 1.32. The van der Waals surface area contributed by atoms with Gasteiger partial charge < -0.3 is 5.73 Å². The van der Waals surface area contributed by atoms with Crippen LogP contribution in [0.5, 0.6) is 0 Å². The van der Waals surface area contributed by atoms with E-state index in [1.165, 1.54) is 0 Å². The van der Waals surface area contributed by atoms with Gasteiger partial charge in [-0.25, -0.2) is 0 Å². The highest BCUT2D eigenvalue weighted by Crippen LogP contribution is 2.23. The predicted molar refractivity (Wildman–Crippen MR) is 56.0 cm³/mol. The van der Waals surface area contributed by atoms with Gasteiger partial charge in [0.05, 0.1) is 5.69 Å². The highest BCUT2D eigenvalue weighted by molar-refractivity contribution is 9.10. The number of hydrogen-bond donors (Lipinski definition) is 1. The van der Waals surface area contributed by atoms with E-state index in [2.05, 4.69) is 31.5 Å². The first-order valence-electron chi connectivity index (χ1n) is 3.99. The fourth-order valence-electron chi connectivity index (χ4n) is 1.15. The Morgan fingerprint density at radius 2 is 2.21 bits per heavy atom. The minimum atomic E-state index is 0.700. The van der Waals surface area contributed by atoms with Gasteiger partial charge in [-0.05, 0) is 51.5 Å². The van der Waals surface area contributed by atoms with Crippen LogP contribution in [0.15, 0.2) is 22.7 Å². The number of rotatable bonds is 1. The van der Waals surface area contributed by atoms with Crippen molar-refractivity contribution in [3.63, 3.8) is 0 Å². The molecule has 6 heteroatoms. The molecule has 0 aliphatic heterocycles. The van der Waals surface area contributed by atoms with Gasteiger partial charge in [0, 0.05) is 10.2 Å². The number of halogens is 1. The van der Waals surface area contributed by atoms with Gasteiger partial charge in [0.1, 0.15) is 0 Å². The first-order valence-corrected chi connectivity index (χ1v) is 4.78. The smallest absolute Gasteiger partial charge is 0.153 e. The zero-order valence-corrected chi connectivity index (χ0v) is 9.06. The Balaban J connectivity index is 2.58. The number of benzene rings is 1. The molecule has 0 spiro atoms. The lowest BCUT2D eigenvalue weighted by atomic mass is 10.3. The largest absolute Gasteiger partial charge is 0.399 e. The lowest BCUT2D eigenvalue weighted by molar-refractivity contribution is 0.777. The van der Waals surface area contributed by atoms with Gasteiger partial charge in [-0.1, -0.05) is 0 Å². The summed E-state index contributed by atoms with van der Waals surface area (Å²) in [5.74, 6) is 0.732. The summed E-state index contributed by atoms with van der Waals surface area (Å²) in [6, 6.07) is 5.49. The fraction of sp³-hybridized carbons (Fsp3) is 0.125. The number of tetrazole rings is 1. The van der Waals surface area contributed by atoms with Gasteiger partial charge in [-0.3, -0.25) is 0 Å². The van der Waals surface area contributed by atoms with Crippen molar-refractivity contribution >= 4 is 21.6 Å². The molecule has 0 atom stereocenters. The molecule has 2 rings (SSSR count). The third-order valence-corrected chi connectivity index (χ3v) is 2.46. The Kier molecular flexibility index (Phi) is 2.20. The summed E-state index contributed by atoms with van der Waals surface area (Å²) in [5.41, 5.74) is 7.20. The van der Waals surface area contributed by atoms with Crippen molar-refractivity contribution in [3.8, 4) is 5.69 Å². The molecule has 0 radical (unpaired) electrons. The van der Waals surface area contributed by atoms with E-state index in [0.717, 1.165) is 16.0 Å². The van der Waals surface area contributed by atoms with E-state index in [1.54, 1.807) is 10.7 Å². The Labute approximate surface area is 89.0 Å². The van der Waals surface area contributed by atoms with Crippen LogP contribution in [0.1, 0.15) is 5.82 Å². The molecule has 0 aliphatic rings. The molecule has 0 saturated heterocycles. The van der Waals surface area contributed by atoms with E-state index in [1.807, 2.05) is 19.1 Å². The van der Waals surface area contributed by atoms with Crippen molar-refractivity contribution < 1.29 is 0 Å². The highest BCUT2D eigenvalue weighted by atomic mass is 79.9. The van der Waals surface area contributed by atoms with Crippen molar-refractivity contribution in [3.05, 3.63) is 28.5 Å². The Hall–Kier alpha value is -1.43. The summed E-state index contributed by atoms with van der Waals surface area (Å²) in [5, 5.41) is 11.2. The first-order chi connectivity index (χ1) is 6.68. The first kappa shape index (κ1) is 9.14. The van der Waals surface area contributed by atoms with Crippen LogP contribution < -0.4 is 5.73 Å². The maximum absolute atomic E-state index is 5.63. The lowest BCUT2D eigenvalue weighted by Gasteiger charge is -2.04. The zero-order valence-electron chi connectivity index (χ0n) is 7.48. The molecular weight excluding hydrogens is 246 g/mol. The maximum atomic E-state index is 5.63. The second-order valence-corrected chi connectivity index (χ2v) is 3.70. The van der Waals surface area contributed by atoms with Crippen LogP contribution in [-0.4, -0.2) is 20.2 Å². The van der Waals surface area contributed by atoms with Gasteiger partial charge in [-0.15, -0.1) is 5.10 Å². The summed E-state index contributed by atoms with van der Waals surface area (Å²) < 4.78 is 2.51. The Bertz CT molecular complexity index is 465. The average molecular weight is 254 g/mol. The number of aryl methyl sites for hydroxylation is 1. The van der Waals surface area contributed by atoms with E-state index in [9.17, 15) is 0 Å². The van der Waals surface area contributed by atoms with Crippen LogP contribution in [0.25, 0.3) is 5.69 Å². The van der Waals surface area contributed by atoms with Crippen LogP contribution in [-0.2, 0) is 0 Å². The minimum Gasteiger partial charge on any atom is -0.399 e. The van der Waals surface area contributed by atoms with E-state index >= 15 is 0 Å². The van der Waals surface area contributed by atoms with E-state index < -0.39 is 0 Å². The molecule has 14 heavy (non-hydrogen) atoms. The summed E-state index contributed by atoms with van der Waals surface area (Å²) in [6.45, 7) is 1.84. The topological polar surface area (TPSA) is 69.6 Å². The van der Waals surface area contributed by atoms with E-state index in [-0.39, 0.29) is 0 Å². The van der Waals surface area contributed by atoms with E-state index in [0.29, 0.717) is 5.69 Å². The maximum Gasteiger partial charge on any atom is 0.153 e. The summed E-state index contributed by atoms with van der Waals surface area (Å²) in [6.07, 6.45) is 0. The molecule has 0 bridgehead atoms. The average Bonchev–Trinajstić information content (AvgIpc) is 2.52. The lowest BCUT2D eigenvalue weighted by Crippen LogP contribution is -2.00. The van der Waals surface area contributed by atoms with Crippen molar-refractivity contribution in [1.82, 2.24) is 20.2 Å². The molecule has 0 saturated carbocycles. The molecule has 1 aromatic carbocycles. The second kappa shape index (κ2) is 3.38. The van der Waals surface area contributed by atoms with Crippen LogP contribution in [0.4, 0.5) is 5.69 Å². The third-order valence-electron chi connectivity index (χ3n) is 1.83. The second-order valence-electron chi connectivity index (χ2n) is 2.85. The van der Waals surface area contributed by atoms with Gasteiger partial charge in [0.2, 0.25) is 0 Å². The molecule has 0 aliphatic carbocycles. The molecule has 0 fully saturated rings. The van der Waals surface area contributed by atoms with Crippen LogP contribution >= 0.6 is 15.9 Å². The van der Waals surface area contributed by atoms with Gasteiger partial charge in [-0.2, -0.15) is 4.68 Å². The van der Waals surface area contributed by atoms with Gasteiger partial charge >= 0.3 is 0 Å². The summed E-state index contributed by atoms with van der Waals surface area (Å²) in [7, 11) is 0. The quantitative estimate of drug-likeness (QED) is 0.779. The normalized spacial score (nSPS) is 10.4. The van der Waals surface area contributed by atoms with Gasteiger partial charge in [0.15, 0.2) is 5.82 Å². The number of nitrogens with two attached hydrogens (primary N) is 1. The Morgan fingerprint density at radius 1 is 1.43 bits per heavy atom. The standard InChI is InChI=1S/C8H8BrN5/c1-5-11-12-13-14(5)8-3-2-6(10)4-7(8)9/h2-4H,10H2,1H3. The molecule has 0 unspecified atom stereocenters. The van der Waals surface area contributed by atoms with Crippen molar-refractivity contribution in [2.75, 3.05) is 5.73 Å². The fourth-order valence-corrected chi connectivity index (χ4v) is 1.71. The van der Waals surface area contributed by atoms with E-state index in [4.69, 9.17) is 5.73 Å². The zero-order chi connectivity index (χ0) is 10.1. The number of nitrogens with zero attached hydrogens (tertiary/aromatic N) is 4. The van der Waals surface area contributed by atoms with Crippen molar-refractivity contribution in [1.29, 1.82) is 0 Å². The third kappa shape index (κ3) is 1.48. The molecule has 1 aromatic heterocycles. The summed E-state index contributed by atoms with van der Waals surface area (Å²) >= 11 is 3.41.